The van der Waals surface area contributed by atoms with Crippen LogP contribution < -0.4 is 5.32 Å². The molecule has 1 aromatic carbocycles. The molecule has 2 aromatic rings. The Morgan fingerprint density at radius 3 is 2.89 bits per heavy atom. The summed E-state index contributed by atoms with van der Waals surface area (Å²) in [6.07, 6.45) is 1.92. The molecule has 0 bridgehead atoms. The third-order valence-electron chi connectivity index (χ3n) is 2.78. The molecule has 0 amide bonds. The molecule has 0 aliphatic heterocycles. The zero-order valence-corrected chi connectivity index (χ0v) is 11.1. The maximum Gasteiger partial charge on any atom is 0.146 e. The van der Waals surface area contributed by atoms with E-state index in [4.69, 9.17) is 11.6 Å². The maximum atomic E-state index is 13.8. The topological polar surface area (TPSA) is 29.9 Å². The molecule has 5 heteroatoms. The molecular weight excluding hydrogens is 253 g/mol. The van der Waals surface area contributed by atoms with Crippen LogP contribution in [0.15, 0.2) is 24.4 Å². The van der Waals surface area contributed by atoms with Gasteiger partial charge in [0.25, 0.3) is 0 Å². The molecule has 0 aliphatic rings. The fraction of sp³-hybridized carbons (Fsp3) is 0.308. The summed E-state index contributed by atoms with van der Waals surface area (Å²) in [6.45, 7) is 3.08. The quantitative estimate of drug-likeness (QED) is 0.923. The summed E-state index contributed by atoms with van der Waals surface area (Å²) in [6, 6.07) is 5.00. The lowest BCUT2D eigenvalue weighted by molar-refractivity contribution is 0.584. The average Bonchev–Trinajstić information content (AvgIpc) is 2.66. The molecule has 1 N–H and O–H groups in total. The van der Waals surface area contributed by atoms with E-state index in [2.05, 4.69) is 10.4 Å². The SMILES string of the molecule is CNCc1cn(Cc2cccc(Cl)c2F)nc1C. The molecule has 0 radical (unpaired) electrons. The van der Waals surface area contributed by atoms with Crippen molar-refractivity contribution in [2.45, 2.75) is 20.0 Å². The van der Waals surface area contributed by atoms with E-state index in [0.717, 1.165) is 17.8 Å². The Kier molecular flexibility index (Phi) is 3.99. The molecule has 0 saturated carbocycles. The van der Waals surface area contributed by atoms with Gasteiger partial charge < -0.3 is 5.32 Å². The summed E-state index contributed by atoms with van der Waals surface area (Å²) in [5, 5.41) is 7.58. The second-order valence-electron chi connectivity index (χ2n) is 4.18. The minimum atomic E-state index is -0.373. The highest BCUT2D eigenvalue weighted by Gasteiger charge is 2.09. The highest BCUT2D eigenvalue weighted by Crippen LogP contribution is 2.19. The minimum Gasteiger partial charge on any atom is -0.316 e. The van der Waals surface area contributed by atoms with Gasteiger partial charge in [-0.3, -0.25) is 4.68 Å². The van der Waals surface area contributed by atoms with E-state index in [-0.39, 0.29) is 10.8 Å². The minimum absolute atomic E-state index is 0.145. The zero-order valence-electron chi connectivity index (χ0n) is 10.4. The number of halogens is 2. The van der Waals surface area contributed by atoms with E-state index < -0.39 is 0 Å². The van der Waals surface area contributed by atoms with Crippen LogP contribution >= 0.6 is 11.6 Å². The van der Waals surface area contributed by atoms with Gasteiger partial charge in [0.2, 0.25) is 0 Å². The Labute approximate surface area is 111 Å². The van der Waals surface area contributed by atoms with Crippen LogP contribution in [-0.2, 0) is 13.1 Å². The maximum absolute atomic E-state index is 13.8. The van der Waals surface area contributed by atoms with Crippen molar-refractivity contribution in [3.05, 3.63) is 52.1 Å². The Morgan fingerprint density at radius 2 is 2.17 bits per heavy atom. The molecular formula is C13H15ClFN3. The van der Waals surface area contributed by atoms with E-state index in [1.807, 2.05) is 20.2 Å². The average molecular weight is 268 g/mol. The summed E-state index contributed by atoms with van der Waals surface area (Å²) >= 11 is 5.75. The van der Waals surface area contributed by atoms with Crippen LogP contribution in [0.2, 0.25) is 5.02 Å². The number of nitrogens with zero attached hydrogens (tertiary/aromatic N) is 2. The van der Waals surface area contributed by atoms with Crippen LogP contribution in [0.1, 0.15) is 16.8 Å². The highest BCUT2D eigenvalue weighted by atomic mass is 35.5. The Hall–Kier alpha value is -1.39. The molecule has 96 valence electrons. The van der Waals surface area contributed by atoms with Crippen LogP contribution in [0.4, 0.5) is 4.39 Å². The van der Waals surface area contributed by atoms with Gasteiger partial charge in [-0.15, -0.1) is 0 Å². The molecule has 1 heterocycles. The van der Waals surface area contributed by atoms with Crippen LogP contribution in [0, 0.1) is 12.7 Å². The fourth-order valence-corrected chi connectivity index (χ4v) is 2.04. The second kappa shape index (κ2) is 5.50. The Morgan fingerprint density at radius 1 is 1.39 bits per heavy atom. The molecule has 18 heavy (non-hydrogen) atoms. The summed E-state index contributed by atoms with van der Waals surface area (Å²) in [7, 11) is 1.88. The number of benzene rings is 1. The zero-order chi connectivity index (χ0) is 13.1. The highest BCUT2D eigenvalue weighted by molar-refractivity contribution is 6.30. The second-order valence-corrected chi connectivity index (χ2v) is 4.59. The standard InChI is InChI=1S/C13H15ClFN3/c1-9-11(6-16-2)8-18(17-9)7-10-4-3-5-12(14)13(10)15/h3-5,8,16H,6-7H2,1-2H3. The van der Waals surface area contributed by atoms with Crippen LogP contribution in [0.3, 0.4) is 0 Å². The van der Waals surface area contributed by atoms with E-state index in [9.17, 15) is 4.39 Å². The van der Waals surface area contributed by atoms with Crippen molar-refractivity contribution in [3.8, 4) is 0 Å². The molecule has 0 saturated heterocycles. The number of hydrogen-bond acceptors (Lipinski definition) is 2. The lowest BCUT2D eigenvalue weighted by Crippen LogP contribution is -2.05. The summed E-state index contributed by atoms with van der Waals surface area (Å²) in [4.78, 5) is 0. The summed E-state index contributed by atoms with van der Waals surface area (Å²) in [5.41, 5.74) is 2.60. The van der Waals surface area contributed by atoms with Crippen LogP contribution in [0.5, 0.6) is 0 Å². The van der Waals surface area contributed by atoms with Crippen LogP contribution in [-0.4, -0.2) is 16.8 Å². The summed E-state index contributed by atoms with van der Waals surface area (Å²) < 4.78 is 15.5. The van der Waals surface area contributed by atoms with Crippen molar-refractivity contribution in [3.63, 3.8) is 0 Å². The number of hydrogen-bond donors (Lipinski definition) is 1. The van der Waals surface area contributed by atoms with Gasteiger partial charge in [0.1, 0.15) is 5.82 Å². The van der Waals surface area contributed by atoms with Crippen molar-refractivity contribution in [2.24, 2.45) is 0 Å². The third-order valence-corrected chi connectivity index (χ3v) is 3.07. The fourth-order valence-electron chi connectivity index (χ4n) is 1.85. The van der Waals surface area contributed by atoms with Gasteiger partial charge in [-0.2, -0.15) is 5.10 Å². The van der Waals surface area contributed by atoms with Crippen molar-refractivity contribution >= 4 is 11.6 Å². The first-order chi connectivity index (χ1) is 8.61. The molecule has 1 aromatic heterocycles. The monoisotopic (exact) mass is 267 g/mol. The largest absolute Gasteiger partial charge is 0.316 e. The molecule has 0 aliphatic carbocycles. The first kappa shape index (κ1) is 13.1. The molecule has 0 fully saturated rings. The molecule has 0 unspecified atom stereocenters. The predicted molar refractivity (Wildman–Crippen MR) is 70.2 cm³/mol. The third kappa shape index (κ3) is 2.71. The molecule has 2 rings (SSSR count). The lowest BCUT2D eigenvalue weighted by atomic mass is 10.2. The number of nitrogens with one attached hydrogen (secondary N) is 1. The van der Waals surface area contributed by atoms with Crippen LogP contribution in [0.25, 0.3) is 0 Å². The normalized spacial score (nSPS) is 10.9. The first-order valence-electron chi connectivity index (χ1n) is 5.72. The van der Waals surface area contributed by atoms with Gasteiger partial charge in [0.15, 0.2) is 0 Å². The van der Waals surface area contributed by atoms with Crippen molar-refractivity contribution in [1.29, 1.82) is 0 Å². The van der Waals surface area contributed by atoms with Gasteiger partial charge in [-0.25, -0.2) is 4.39 Å². The van der Waals surface area contributed by atoms with Gasteiger partial charge in [0, 0.05) is 23.9 Å². The van der Waals surface area contributed by atoms with Gasteiger partial charge in [-0.1, -0.05) is 23.7 Å². The van der Waals surface area contributed by atoms with Crippen molar-refractivity contribution in [1.82, 2.24) is 15.1 Å². The van der Waals surface area contributed by atoms with Gasteiger partial charge in [0.05, 0.1) is 17.3 Å². The number of rotatable bonds is 4. The number of aryl methyl sites for hydroxylation is 1. The predicted octanol–water partition coefficient (Wildman–Crippen LogP) is 2.75. The summed E-state index contributed by atoms with van der Waals surface area (Å²) in [5.74, 6) is -0.373. The Bertz CT molecular complexity index is 551. The van der Waals surface area contributed by atoms with E-state index in [0.29, 0.717) is 12.1 Å². The number of aromatic nitrogens is 2. The molecule has 3 nitrogen and oxygen atoms in total. The smallest absolute Gasteiger partial charge is 0.146 e. The van der Waals surface area contributed by atoms with Crippen molar-refractivity contribution in [2.75, 3.05) is 7.05 Å². The van der Waals surface area contributed by atoms with Gasteiger partial charge in [-0.05, 0) is 20.0 Å². The first-order valence-corrected chi connectivity index (χ1v) is 6.10. The van der Waals surface area contributed by atoms with E-state index >= 15 is 0 Å². The molecule has 0 spiro atoms. The van der Waals surface area contributed by atoms with Gasteiger partial charge >= 0.3 is 0 Å². The Balaban J connectivity index is 2.23. The van der Waals surface area contributed by atoms with E-state index in [1.54, 1.807) is 22.9 Å². The van der Waals surface area contributed by atoms with E-state index in [1.165, 1.54) is 0 Å². The van der Waals surface area contributed by atoms with Crippen molar-refractivity contribution < 1.29 is 4.39 Å². The molecule has 0 atom stereocenters. The lowest BCUT2D eigenvalue weighted by Gasteiger charge is -2.04.